The second-order valence-corrected chi connectivity index (χ2v) is 11.9. The van der Waals surface area contributed by atoms with Gasteiger partial charge in [-0.2, -0.15) is 21.6 Å². The van der Waals surface area contributed by atoms with Crippen molar-refractivity contribution in [3.8, 4) is 5.75 Å². The highest BCUT2D eigenvalue weighted by Gasteiger charge is 2.52. The van der Waals surface area contributed by atoms with Crippen molar-refractivity contribution in [2.45, 2.75) is 37.3 Å². The summed E-state index contributed by atoms with van der Waals surface area (Å²) >= 11 is -0.0545. The van der Waals surface area contributed by atoms with Crippen LogP contribution >= 0.6 is 11.3 Å². The van der Waals surface area contributed by atoms with Gasteiger partial charge in [-0.25, -0.2) is 14.1 Å². The van der Waals surface area contributed by atoms with Gasteiger partial charge in [0, 0.05) is 18.7 Å². The molecule has 3 atom stereocenters. The Bertz CT molecular complexity index is 1640. The van der Waals surface area contributed by atoms with Crippen molar-refractivity contribution < 1.29 is 55.2 Å². The molecule has 2 amide bonds. The minimum absolute atomic E-state index is 0.0323. The van der Waals surface area contributed by atoms with E-state index in [1.54, 1.807) is 12.1 Å². The fourth-order valence-corrected chi connectivity index (χ4v) is 5.57. The van der Waals surface area contributed by atoms with Gasteiger partial charge < -0.3 is 36.8 Å². The Morgan fingerprint density at radius 1 is 1.29 bits per heavy atom. The number of carbonyl (C=O) groups is 3. The maximum absolute atomic E-state index is 13.7. The van der Waals surface area contributed by atoms with Crippen LogP contribution in [0.4, 0.5) is 18.3 Å². The zero-order valence-electron chi connectivity index (χ0n) is 22.9. The normalized spacial score (nSPS) is 20.2. The van der Waals surface area contributed by atoms with Gasteiger partial charge >= 0.3 is 22.4 Å². The second-order valence-electron chi connectivity index (χ2n) is 9.57. The largest absolute Gasteiger partial charge is 0.489 e. The topological polar surface area (TPSA) is 261 Å². The molecule has 8 N–H and O–H groups in total. The fourth-order valence-electron chi connectivity index (χ4n) is 3.99. The Morgan fingerprint density at radius 3 is 2.44 bits per heavy atom. The van der Waals surface area contributed by atoms with E-state index in [9.17, 15) is 41.1 Å². The Hall–Kier alpha value is -4.54. The molecule has 45 heavy (non-hydrogen) atoms. The number of hydrogen-bond acceptors (Lipinski definition) is 13. The Balaban J connectivity index is 1.54. The summed E-state index contributed by atoms with van der Waals surface area (Å²) in [5, 5.41) is 17.3. The predicted molar refractivity (Wildman–Crippen MR) is 150 cm³/mol. The van der Waals surface area contributed by atoms with Crippen LogP contribution in [-0.2, 0) is 35.7 Å². The molecule has 0 saturated carbocycles. The molecule has 0 aliphatic carbocycles. The van der Waals surface area contributed by atoms with Crippen LogP contribution in [0.15, 0.2) is 34.4 Å². The van der Waals surface area contributed by atoms with E-state index in [1.807, 2.05) is 5.32 Å². The second kappa shape index (κ2) is 12.8. The molecule has 2 aliphatic rings. The fraction of sp³-hybridized carbons (Fsp3) is 0.391. The Morgan fingerprint density at radius 2 is 1.93 bits per heavy atom. The molecule has 244 valence electrons. The van der Waals surface area contributed by atoms with Gasteiger partial charge in [-0.1, -0.05) is 16.5 Å². The predicted octanol–water partition coefficient (Wildman–Crippen LogP) is -0.808. The number of nitrogens with one attached hydrogen (secondary N) is 2. The highest BCUT2D eigenvalue weighted by atomic mass is 32.2. The first-order valence-corrected chi connectivity index (χ1v) is 14.9. The number of amides is 2. The number of oxime groups is 1. The number of halogens is 3. The van der Waals surface area contributed by atoms with Crippen molar-refractivity contribution >= 4 is 56.1 Å². The van der Waals surface area contributed by atoms with Crippen LogP contribution in [0, 0.1) is 0 Å². The number of alkyl halides is 3. The molecule has 0 bridgehead atoms. The number of amidine groups is 1. The van der Waals surface area contributed by atoms with Crippen LogP contribution < -0.4 is 26.8 Å². The zero-order chi connectivity index (χ0) is 33.3. The minimum atomic E-state index is -5.10. The van der Waals surface area contributed by atoms with Gasteiger partial charge in [0.2, 0.25) is 0 Å². The molecule has 1 aromatic heterocycles. The number of benzene rings is 1. The number of aliphatic carboxylic acids is 1. The number of anilines is 1. The van der Waals surface area contributed by atoms with E-state index in [0.717, 1.165) is 6.92 Å². The number of ether oxygens (including phenoxy) is 1. The molecular formula is C23H25F3N8O9S2. The molecule has 2 aromatic rings. The number of carbonyl (C=O) groups excluding carboxylic acids is 2. The standard InChI is InChI=1S/C23H25F3N8O9S2/c1-9-14(20(36)34(9)45(39,40)41)31-19(35)16(15-17(23(24,25)26)44-22(28)32-15)33-43-13(21(37)38)8-42-12-4-2-10(3-5-12)18(27)30-11-6-29-7-11/h2-5,9,11,13-14,29H,6-8H2,1H3,(H2,27,30)(H2,28,32)(H,31,35)(H,37,38)(H,39,40,41)/t9-,13?,14+/m1/s1. The summed E-state index contributed by atoms with van der Waals surface area (Å²) in [6.45, 7) is 1.77. The van der Waals surface area contributed by atoms with Crippen molar-refractivity contribution in [2.75, 3.05) is 25.4 Å². The molecule has 1 aromatic carbocycles. The van der Waals surface area contributed by atoms with E-state index >= 15 is 0 Å². The summed E-state index contributed by atoms with van der Waals surface area (Å²) in [6, 6.07) is 3.13. The smallest absolute Gasteiger partial charge is 0.427 e. The third kappa shape index (κ3) is 7.58. The van der Waals surface area contributed by atoms with Crippen molar-refractivity contribution in [3.63, 3.8) is 0 Å². The summed E-state index contributed by atoms with van der Waals surface area (Å²) in [5.41, 5.74) is 9.61. The number of β-lactam (4-membered cyclic amide) rings is 1. The molecule has 2 aliphatic heterocycles. The Kier molecular flexibility index (Phi) is 9.51. The molecule has 4 rings (SSSR count). The highest BCUT2D eigenvalue weighted by Crippen LogP contribution is 2.38. The van der Waals surface area contributed by atoms with E-state index in [-0.39, 0.29) is 33.3 Å². The van der Waals surface area contributed by atoms with Gasteiger partial charge in [0.05, 0.1) is 12.1 Å². The van der Waals surface area contributed by atoms with E-state index in [0.29, 0.717) is 18.7 Å². The van der Waals surface area contributed by atoms with E-state index < -0.39 is 80.5 Å². The lowest BCUT2D eigenvalue weighted by Crippen LogP contribution is -2.71. The molecule has 0 spiro atoms. The first kappa shape index (κ1) is 33.4. The third-order valence-electron chi connectivity index (χ3n) is 6.39. The number of thiazole rings is 1. The quantitative estimate of drug-likeness (QED) is 0.0528. The van der Waals surface area contributed by atoms with Gasteiger partial charge in [-0.15, -0.1) is 0 Å². The van der Waals surface area contributed by atoms with Crippen LogP contribution in [-0.4, -0.2) is 101 Å². The van der Waals surface area contributed by atoms with Crippen LogP contribution in [0.1, 0.15) is 23.1 Å². The number of carboxylic acids is 1. The number of carboxylic acid groups (broad SMARTS) is 1. The van der Waals surface area contributed by atoms with Crippen molar-refractivity contribution in [2.24, 2.45) is 15.9 Å². The summed E-state index contributed by atoms with van der Waals surface area (Å²) in [5.74, 6) is -4.07. The van der Waals surface area contributed by atoms with Crippen molar-refractivity contribution in [1.82, 2.24) is 19.9 Å². The first-order chi connectivity index (χ1) is 21.0. The van der Waals surface area contributed by atoms with E-state index in [2.05, 4.69) is 20.4 Å². The molecule has 2 saturated heterocycles. The summed E-state index contributed by atoms with van der Waals surface area (Å²) in [4.78, 5) is 48.4. The first-order valence-electron chi connectivity index (χ1n) is 12.7. The number of nitrogens with two attached hydrogens (primary N) is 2. The maximum atomic E-state index is 13.7. The monoisotopic (exact) mass is 678 g/mol. The van der Waals surface area contributed by atoms with Crippen LogP contribution in [0.25, 0.3) is 0 Å². The lowest BCUT2D eigenvalue weighted by molar-refractivity contribution is -0.152. The van der Waals surface area contributed by atoms with E-state index in [1.165, 1.54) is 12.1 Å². The third-order valence-corrected chi connectivity index (χ3v) is 8.33. The van der Waals surface area contributed by atoms with Gasteiger partial charge in [0.25, 0.3) is 17.9 Å². The molecule has 0 radical (unpaired) electrons. The summed E-state index contributed by atoms with van der Waals surface area (Å²) in [7, 11) is -4.99. The highest BCUT2D eigenvalue weighted by molar-refractivity contribution is 7.84. The maximum Gasteiger partial charge on any atom is 0.427 e. The number of nitrogen functional groups attached to an aromatic ring is 1. The zero-order valence-corrected chi connectivity index (χ0v) is 24.5. The number of aliphatic imine (C=N–C) groups is 1. The van der Waals surface area contributed by atoms with Gasteiger partial charge in [0.1, 0.15) is 34.8 Å². The molecule has 3 heterocycles. The van der Waals surface area contributed by atoms with Gasteiger partial charge in [-0.3, -0.25) is 19.1 Å². The lowest BCUT2D eigenvalue weighted by Gasteiger charge is -2.42. The SMILES string of the molecule is C[C@@H]1[C@H](NC(=O)C(=NOC(COc2ccc(C(N)=NC3CNC3)cc2)C(=O)O)c2nc(N)sc2C(F)(F)F)C(=O)N1S(=O)(=O)O. The number of hydrogen-bond donors (Lipinski definition) is 6. The average Bonchev–Trinajstić information content (AvgIpc) is 3.32. The van der Waals surface area contributed by atoms with E-state index in [4.69, 9.17) is 25.6 Å². The molecule has 1 unspecified atom stereocenters. The van der Waals surface area contributed by atoms with Gasteiger partial charge in [0.15, 0.2) is 10.8 Å². The van der Waals surface area contributed by atoms with Crippen LogP contribution in [0.2, 0.25) is 0 Å². The number of rotatable bonds is 12. The lowest BCUT2D eigenvalue weighted by atomic mass is 10.0. The number of nitrogens with zero attached hydrogens (tertiary/aromatic N) is 4. The van der Waals surface area contributed by atoms with Gasteiger partial charge in [-0.05, 0) is 31.2 Å². The molecular weight excluding hydrogens is 653 g/mol. The molecule has 2 fully saturated rings. The summed E-state index contributed by atoms with van der Waals surface area (Å²) in [6.07, 6.45) is -7.08. The average molecular weight is 679 g/mol. The summed E-state index contributed by atoms with van der Waals surface area (Å²) < 4.78 is 78.5. The van der Waals surface area contributed by atoms with Crippen molar-refractivity contribution in [1.29, 1.82) is 0 Å². The molecule has 22 heteroatoms. The molecule has 17 nitrogen and oxygen atoms in total. The number of aromatic nitrogens is 1. The van der Waals surface area contributed by atoms with Crippen molar-refractivity contribution in [3.05, 3.63) is 40.4 Å². The Labute approximate surface area is 255 Å². The van der Waals surface area contributed by atoms with Crippen LogP contribution in [0.5, 0.6) is 5.75 Å². The minimum Gasteiger partial charge on any atom is -0.489 e. The van der Waals surface area contributed by atoms with Crippen LogP contribution in [0.3, 0.4) is 0 Å².